The van der Waals surface area contributed by atoms with E-state index in [-0.39, 0.29) is 18.0 Å². The number of carbonyl (C=O) groups excluding carboxylic acids is 2. The largest absolute Gasteiger partial charge is 0.382 e. The van der Waals surface area contributed by atoms with E-state index in [4.69, 9.17) is 4.74 Å². The normalized spacial score (nSPS) is 10.5. The smallest absolute Gasteiger partial charge is 0.257 e. The molecular formula is C17H20FN3O3S. The number of hydrogen-bond donors (Lipinski definition) is 1. The minimum Gasteiger partial charge on any atom is -0.382 e. The van der Waals surface area contributed by atoms with Crippen molar-refractivity contribution >= 4 is 28.3 Å². The molecule has 0 spiro atoms. The van der Waals surface area contributed by atoms with Crippen LogP contribution in [0.15, 0.2) is 35.8 Å². The quantitative estimate of drug-likeness (QED) is 0.694. The molecule has 1 heterocycles. The van der Waals surface area contributed by atoms with Crippen LogP contribution in [-0.4, -0.2) is 48.0 Å². The Bertz CT molecular complexity index is 694. The lowest BCUT2D eigenvalue weighted by molar-refractivity contribution is -0.117. The van der Waals surface area contributed by atoms with Gasteiger partial charge in [-0.2, -0.15) is 0 Å². The van der Waals surface area contributed by atoms with Gasteiger partial charge in [0, 0.05) is 31.3 Å². The van der Waals surface area contributed by atoms with E-state index in [1.165, 1.54) is 34.4 Å². The van der Waals surface area contributed by atoms with Gasteiger partial charge in [0.1, 0.15) is 12.4 Å². The van der Waals surface area contributed by atoms with Gasteiger partial charge in [0.25, 0.3) is 5.91 Å². The summed E-state index contributed by atoms with van der Waals surface area (Å²) in [4.78, 5) is 30.1. The number of hydrogen-bond acceptors (Lipinski definition) is 5. The SMILES string of the molecule is CCOCCCN(CC(=O)Nc1nccs1)C(=O)c1ccccc1F. The number of carbonyl (C=O) groups is 2. The number of rotatable bonds is 9. The summed E-state index contributed by atoms with van der Waals surface area (Å²) in [5.41, 5.74) is -0.0547. The second kappa shape index (κ2) is 9.85. The van der Waals surface area contributed by atoms with Gasteiger partial charge in [-0.3, -0.25) is 9.59 Å². The average Bonchev–Trinajstić information content (AvgIpc) is 3.10. The summed E-state index contributed by atoms with van der Waals surface area (Å²) in [7, 11) is 0. The molecule has 2 amide bonds. The highest BCUT2D eigenvalue weighted by Gasteiger charge is 2.21. The van der Waals surface area contributed by atoms with Crippen molar-refractivity contribution in [3.05, 3.63) is 47.2 Å². The van der Waals surface area contributed by atoms with E-state index in [1.807, 2.05) is 6.92 Å². The first-order valence-corrected chi connectivity index (χ1v) is 8.80. The number of aromatic nitrogens is 1. The number of nitrogens with one attached hydrogen (secondary N) is 1. The van der Waals surface area contributed by atoms with Crippen LogP contribution < -0.4 is 5.32 Å². The summed E-state index contributed by atoms with van der Waals surface area (Å²) in [6.45, 7) is 3.03. The summed E-state index contributed by atoms with van der Waals surface area (Å²) in [5.74, 6) is -1.51. The van der Waals surface area contributed by atoms with E-state index >= 15 is 0 Å². The Morgan fingerprint density at radius 1 is 1.36 bits per heavy atom. The maximum Gasteiger partial charge on any atom is 0.257 e. The number of nitrogens with zero attached hydrogens (tertiary/aromatic N) is 2. The van der Waals surface area contributed by atoms with Crippen LogP contribution >= 0.6 is 11.3 Å². The highest BCUT2D eigenvalue weighted by atomic mass is 32.1. The van der Waals surface area contributed by atoms with E-state index in [9.17, 15) is 14.0 Å². The van der Waals surface area contributed by atoms with Gasteiger partial charge < -0.3 is 15.0 Å². The fraction of sp³-hybridized carbons (Fsp3) is 0.353. The van der Waals surface area contributed by atoms with Crippen LogP contribution in [0, 0.1) is 5.82 Å². The van der Waals surface area contributed by atoms with Crippen molar-refractivity contribution in [1.29, 1.82) is 0 Å². The predicted molar refractivity (Wildman–Crippen MR) is 94.2 cm³/mol. The van der Waals surface area contributed by atoms with E-state index in [0.717, 1.165) is 0 Å². The molecule has 2 rings (SSSR count). The first kappa shape index (κ1) is 19.0. The number of anilines is 1. The van der Waals surface area contributed by atoms with Crippen molar-refractivity contribution in [2.45, 2.75) is 13.3 Å². The molecule has 2 aromatic rings. The highest BCUT2D eigenvalue weighted by molar-refractivity contribution is 7.13. The van der Waals surface area contributed by atoms with Gasteiger partial charge in [-0.05, 0) is 25.5 Å². The topological polar surface area (TPSA) is 71.5 Å². The van der Waals surface area contributed by atoms with Gasteiger partial charge >= 0.3 is 0 Å². The molecule has 0 fully saturated rings. The lowest BCUT2D eigenvalue weighted by atomic mass is 10.1. The first-order valence-electron chi connectivity index (χ1n) is 7.92. The van der Waals surface area contributed by atoms with Gasteiger partial charge in [-0.25, -0.2) is 9.37 Å². The fourth-order valence-corrected chi connectivity index (χ4v) is 2.72. The number of benzene rings is 1. The molecule has 0 aliphatic rings. The molecule has 0 aliphatic carbocycles. The predicted octanol–water partition coefficient (Wildman–Crippen LogP) is 2.79. The summed E-state index contributed by atoms with van der Waals surface area (Å²) in [6, 6.07) is 5.73. The molecular weight excluding hydrogens is 345 g/mol. The zero-order valence-corrected chi connectivity index (χ0v) is 14.7. The molecule has 8 heteroatoms. The molecule has 134 valence electrons. The molecule has 0 bridgehead atoms. The van der Waals surface area contributed by atoms with Crippen LogP contribution in [-0.2, 0) is 9.53 Å². The standard InChI is InChI=1S/C17H20FN3O3S/c1-2-24-10-5-9-21(12-15(22)20-17-19-8-11-25-17)16(23)13-6-3-4-7-14(13)18/h3-4,6-8,11H,2,5,9-10,12H2,1H3,(H,19,20,22). The molecule has 1 aromatic carbocycles. The van der Waals surface area contributed by atoms with Gasteiger partial charge in [-0.1, -0.05) is 12.1 Å². The summed E-state index contributed by atoms with van der Waals surface area (Å²) >= 11 is 1.28. The second-order valence-corrected chi connectivity index (χ2v) is 6.04. The third kappa shape index (κ3) is 5.91. The Morgan fingerprint density at radius 3 is 2.84 bits per heavy atom. The lowest BCUT2D eigenvalue weighted by Crippen LogP contribution is -2.39. The fourth-order valence-electron chi connectivity index (χ4n) is 2.18. The zero-order valence-electron chi connectivity index (χ0n) is 13.9. The molecule has 0 radical (unpaired) electrons. The molecule has 1 N–H and O–H groups in total. The third-order valence-electron chi connectivity index (χ3n) is 3.33. The third-order valence-corrected chi connectivity index (χ3v) is 4.01. The van der Waals surface area contributed by atoms with Crippen molar-refractivity contribution in [3.63, 3.8) is 0 Å². The van der Waals surface area contributed by atoms with Crippen LogP contribution in [0.3, 0.4) is 0 Å². The minimum atomic E-state index is -0.609. The molecule has 0 unspecified atom stereocenters. The lowest BCUT2D eigenvalue weighted by Gasteiger charge is -2.22. The first-order chi connectivity index (χ1) is 12.1. The monoisotopic (exact) mass is 365 g/mol. The van der Waals surface area contributed by atoms with Gasteiger partial charge in [0.15, 0.2) is 5.13 Å². The Morgan fingerprint density at radius 2 is 2.16 bits per heavy atom. The van der Waals surface area contributed by atoms with E-state index in [0.29, 0.717) is 31.3 Å². The van der Waals surface area contributed by atoms with Gasteiger partial charge in [0.2, 0.25) is 5.91 Å². The van der Waals surface area contributed by atoms with Gasteiger partial charge in [0.05, 0.1) is 5.56 Å². The Kier molecular flexibility index (Phi) is 7.49. The highest BCUT2D eigenvalue weighted by Crippen LogP contribution is 2.13. The molecule has 1 aromatic heterocycles. The van der Waals surface area contributed by atoms with Crippen LogP contribution in [0.1, 0.15) is 23.7 Å². The maximum atomic E-state index is 13.9. The second-order valence-electron chi connectivity index (χ2n) is 5.14. The molecule has 25 heavy (non-hydrogen) atoms. The molecule has 0 atom stereocenters. The molecule has 0 saturated carbocycles. The Balaban J connectivity index is 2.04. The number of ether oxygens (including phenoxy) is 1. The molecule has 0 saturated heterocycles. The number of thiazole rings is 1. The van der Waals surface area contributed by atoms with E-state index in [2.05, 4.69) is 10.3 Å². The summed E-state index contributed by atoms with van der Waals surface area (Å²) in [6.07, 6.45) is 2.13. The van der Waals surface area contributed by atoms with E-state index in [1.54, 1.807) is 17.6 Å². The van der Waals surface area contributed by atoms with Gasteiger partial charge in [-0.15, -0.1) is 11.3 Å². The van der Waals surface area contributed by atoms with E-state index < -0.39 is 11.7 Å². The van der Waals surface area contributed by atoms with Crippen molar-refractivity contribution < 1.29 is 18.7 Å². The van der Waals surface area contributed by atoms with Crippen LogP contribution in [0.5, 0.6) is 0 Å². The molecule has 6 nitrogen and oxygen atoms in total. The van der Waals surface area contributed by atoms with Crippen molar-refractivity contribution in [2.75, 3.05) is 31.6 Å². The van der Waals surface area contributed by atoms with Crippen LogP contribution in [0.4, 0.5) is 9.52 Å². The van der Waals surface area contributed by atoms with Crippen molar-refractivity contribution in [2.24, 2.45) is 0 Å². The minimum absolute atomic E-state index is 0.0547. The van der Waals surface area contributed by atoms with Crippen LogP contribution in [0.2, 0.25) is 0 Å². The molecule has 0 aliphatic heterocycles. The summed E-state index contributed by atoms with van der Waals surface area (Å²) in [5, 5.41) is 4.82. The number of amides is 2. The Hall–Kier alpha value is -2.32. The van der Waals surface area contributed by atoms with Crippen LogP contribution in [0.25, 0.3) is 0 Å². The van der Waals surface area contributed by atoms with Crippen molar-refractivity contribution in [1.82, 2.24) is 9.88 Å². The zero-order chi connectivity index (χ0) is 18.1. The van der Waals surface area contributed by atoms with Crippen molar-refractivity contribution in [3.8, 4) is 0 Å². The Labute approximate surface area is 149 Å². The average molecular weight is 365 g/mol. The maximum absolute atomic E-state index is 13.9. The number of halogens is 1. The summed E-state index contributed by atoms with van der Waals surface area (Å²) < 4.78 is 19.2.